The Hall–Kier alpha value is -6.42. The van der Waals surface area contributed by atoms with Gasteiger partial charge in [-0.3, -0.25) is 54.9 Å². The van der Waals surface area contributed by atoms with Crippen molar-refractivity contribution in [2.75, 3.05) is 86.9 Å². The first kappa shape index (κ1) is 132. The van der Waals surface area contributed by atoms with Crippen LogP contribution in [0.4, 0.5) is 77.0 Å². The molecule has 0 fully saturated rings. The van der Waals surface area contributed by atoms with Crippen molar-refractivity contribution >= 4 is 261 Å². The van der Waals surface area contributed by atoms with Crippen LogP contribution in [0.3, 0.4) is 0 Å². The van der Waals surface area contributed by atoms with Crippen molar-refractivity contribution in [2.24, 2.45) is 0 Å². The van der Waals surface area contributed by atoms with E-state index in [-0.39, 0.29) is 137 Å². The Kier molecular flexibility index (Phi) is 94.7. The molecule has 7 aromatic heterocycles. The summed E-state index contributed by atoms with van der Waals surface area (Å²) in [6, 6.07) is 25.7. The normalized spacial score (nSPS) is 8.32. The smallest absolute Gasteiger partial charge is 0.870 e. The quantitative estimate of drug-likeness (QED) is 0.0140. The number of aromatic nitrogens is 7. The van der Waals surface area contributed by atoms with E-state index in [4.69, 9.17) is 89.2 Å². The summed E-state index contributed by atoms with van der Waals surface area (Å²) in [5.74, 6) is 2.63. The SMILES string of the molecule is C.C.C.C.C.CC(=O)Cl.CC(=O)Nc1cccc(Br)n1.CO.CO.COC(=O)Cl.COC(=O)Nc1ccc(Cl)c(Br)n1.COC(=O)Nc1ccc(N)c(Br)n1.COC(=O)Nc1ccc([N+](=O)[O-])c(Br)n1.Nc1ccc(Cl)c(Br)n1.Nc1ccc([N+](=O)[O-])c(Br)n1.Nc1cccc(Br)n1.O=S(=O)(O)O.O=[N+]([O-])O.[K+].[OH-]. The maximum Gasteiger partial charge on any atom is 1.00 e. The molecule has 0 aliphatic carbocycles. The van der Waals surface area contributed by atoms with Gasteiger partial charge in [0.15, 0.2) is 9.21 Å². The Morgan fingerprint density at radius 3 is 0.991 bits per heavy atom. The van der Waals surface area contributed by atoms with E-state index >= 15 is 0 Å². The van der Waals surface area contributed by atoms with Gasteiger partial charge < -0.3 is 68.1 Å². The molecule has 0 unspecified atom stereocenters. The maximum atomic E-state index is 10.8. The van der Waals surface area contributed by atoms with Gasteiger partial charge in [-0.05, 0) is 196 Å². The van der Waals surface area contributed by atoms with Crippen LogP contribution in [0.1, 0.15) is 51.0 Å². The zero-order chi connectivity index (χ0) is 80.6. The number of nitrogens with one attached hydrogen (secondary N) is 4. The van der Waals surface area contributed by atoms with E-state index in [9.17, 15) is 49.0 Å². The molecular formula is C54H78Br7Cl4KN18O24S. The molecule has 0 bridgehead atoms. The second-order valence-corrected chi connectivity index (χ2v) is 22.9. The number of hydrogen-bond acceptors (Lipinski definition) is 32. The predicted molar refractivity (Wildman–Crippen MR) is 437 cm³/mol. The van der Waals surface area contributed by atoms with Crippen molar-refractivity contribution in [3.63, 3.8) is 0 Å². The first-order valence-electron chi connectivity index (χ1n) is 24.7. The van der Waals surface area contributed by atoms with Crippen molar-refractivity contribution in [1.82, 2.24) is 34.9 Å². The van der Waals surface area contributed by atoms with Gasteiger partial charge in [-0.15, -0.1) is 10.1 Å². The van der Waals surface area contributed by atoms with Crippen molar-refractivity contribution < 1.29 is 152 Å². The first-order chi connectivity index (χ1) is 47.3. The number of hydrogen-bond donors (Lipinski definition) is 13. The molecule has 109 heavy (non-hydrogen) atoms. The second-order valence-electron chi connectivity index (χ2n) is 15.0. The number of aliphatic hydroxyl groups is 2. The molecule has 0 aromatic carbocycles. The van der Waals surface area contributed by atoms with Gasteiger partial charge in [0.2, 0.25) is 11.1 Å². The van der Waals surface area contributed by atoms with Gasteiger partial charge in [0.05, 0.1) is 54.0 Å². The Morgan fingerprint density at radius 1 is 0.459 bits per heavy atom. The Morgan fingerprint density at radius 2 is 0.725 bits per heavy atom. The number of anilines is 8. The van der Waals surface area contributed by atoms with Gasteiger partial charge >= 0.3 is 96.9 Å². The molecule has 18 N–H and O–H groups in total. The van der Waals surface area contributed by atoms with E-state index < -0.39 is 49.0 Å². The first-order valence-corrected chi connectivity index (χ1v) is 33.1. The number of halogens is 11. The Bertz CT molecular complexity index is 3790. The summed E-state index contributed by atoms with van der Waals surface area (Å²) >= 11 is 42.1. The van der Waals surface area contributed by atoms with Gasteiger partial charge in [-0.25, -0.2) is 54.1 Å². The minimum Gasteiger partial charge on any atom is -0.870 e. The summed E-state index contributed by atoms with van der Waals surface area (Å²) in [5, 5.41) is 58.6. The summed E-state index contributed by atoms with van der Waals surface area (Å²) in [4.78, 5) is 116. The number of pyridine rings is 7. The fourth-order valence-electron chi connectivity index (χ4n) is 4.19. The molecule has 42 nitrogen and oxygen atoms in total. The van der Waals surface area contributed by atoms with Crippen molar-refractivity contribution in [3.8, 4) is 0 Å². The monoisotopic (exact) mass is 2130 g/mol. The maximum absolute atomic E-state index is 10.8. The van der Waals surface area contributed by atoms with Crippen LogP contribution in [0.5, 0.6) is 0 Å². The molecule has 0 atom stereocenters. The van der Waals surface area contributed by atoms with Crippen LogP contribution < -0.4 is 95.6 Å². The fourth-order valence-corrected chi connectivity index (χ4v) is 7.04. The molecule has 4 amide bonds. The third kappa shape index (κ3) is 82.4. The second kappa shape index (κ2) is 78.3. The summed E-state index contributed by atoms with van der Waals surface area (Å²) in [6.45, 7) is 2.74. The average Bonchev–Trinajstić information content (AvgIpc) is 0.864. The van der Waals surface area contributed by atoms with Crippen molar-refractivity contribution in [3.05, 3.63) is 170 Å². The largest absolute Gasteiger partial charge is 1.00 e. The standard InChI is InChI=1S/C7H6BrClN2O2.C7H6BrN3O4.C7H8BrN3O2.C7H7BrN2O.C5H4BrClN2.C5H4BrN3O2.C5H5BrN2.C2H3ClO2.C2H3ClO.2CH4O.5CH4.K.HNO3.H2O4S.H2O/c1-13-7(12)11-5-3-2-4(9)6(8)10-5;1-15-7(12)10-5-3-2-4(11(13)14)6(8)9-5;1-13-7(12)11-5-3-2-4(9)6(8)10-5;1-5(11)9-7-4-2-3-6(8)10-7;6-5-3(7)1-2-4(8)9-5;6-5-3(9(10)11)1-2-4(7)8-5;6-4-2-1-3-5(7)8-4;1-5-2(3)4;1-2(3)4;2*1-2;;;;;;;2-1(3)4;1-5(2,3)4;/h2-3H,1H3,(H,10,11,12);2-3H,1H3,(H,9,10,12);2-3H,9H2,1H3,(H,10,11,12);2-4H,1H3,(H,9,10,11);1-2H,(H2,8,9);1-2H,(H2,7,8);1-3H,(H2,7,8);1H3;1H3;2*2H,1H3;5*1H4;;(H,2,3,4);(H2,1,2,3,4);1H2/q;;;;;;;;;;;;;;;;+1;;;/p-1. The number of methoxy groups -OCH3 is 4. The van der Waals surface area contributed by atoms with E-state index in [1.54, 1.807) is 54.6 Å². The molecule has 0 saturated heterocycles. The van der Waals surface area contributed by atoms with E-state index in [2.05, 4.69) is 210 Å². The Balaban J connectivity index is -0.0000000853. The molecule has 7 rings (SSSR count). The molecular weight excluding hydrogens is 2060 g/mol. The number of carbonyl (C=O) groups excluding carboxylic acids is 6. The molecule has 0 aliphatic rings. The number of nitrogens with two attached hydrogens (primary N) is 4. The van der Waals surface area contributed by atoms with E-state index in [0.717, 1.165) is 18.8 Å². The Labute approximate surface area is 747 Å². The zero-order valence-electron chi connectivity index (χ0n) is 54.1. The molecule has 612 valence electrons. The number of rotatable bonds is 6. The summed E-state index contributed by atoms with van der Waals surface area (Å²) in [7, 11) is 2.31. The van der Waals surface area contributed by atoms with Crippen molar-refractivity contribution in [1.29, 1.82) is 0 Å². The number of amides is 4. The minimum atomic E-state index is -4.67. The average molecular weight is 2140 g/mol. The van der Waals surface area contributed by atoms with Gasteiger partial charge in [-0.2, -0.15) is 8.42 Å². The predicted octanol–water partition coefficient (Wildman–Crippen LogP) is 12.8. The zero-order valence-corrected chi connectivity index (χ0v) is 72.2. The van der Waals surface area contributed by atoms with E-state index in [0.29, 0.717) is 63.2 Å². The number of nitro groups is 2. The number of carbonyl (C=O) groups is 6. The molecule has 0 radical (unpaired) electrons. The summed E-state index contributed by atoms with van der Waals surface area (Å²) < 4.78 is 51.8. The van der Waals surface area contributed by atoms with Gasteiger partial charge in [0, 0.05) is 51.8 Å². The minimum absolute atomic E-state index is 0. The van der Waals surface area contributed by atoms with Crippen LogP contribution in [0, 0.1) is 30.3 Å². The molecule has 0 spiro atoms. The van der Waals surface area contributed by atoms with E-state index in [1.165, 1.54) is 66.6 Å². The van der Waals surface area contributed by atoms with Crippen LogP contribution in [-0.2, 0) is 38.9 Å². The van der Waals surface area contributed by atoms with Gasteiger partial charge in [0.1, 0.15) is 63.7 Å². The number of ether oxygens (including phenoxy) is 4. The third-order valence-corrected chi connectivity index (χ3v) is 12.9. The fraction of sp³-hybridized carbons (Fsp3) is 0.241. The molecule has 0 saturated carbocycles. The van der Waals surface area contributed by atoms with Crippen LogP contribution in [0.15, 0.2) is 129 Å². The molecule has 0 aliphatic heterocycles. The van der Waals surface area contributed by atoms with Crippen LogP contribution in [0.25, 0.3) is 0 Å². The molecule has 55 heteroatoms. The van der Waals surface area contributed by atoms with Gasteiger partial charge in [0.25, 0.3) is 5.09 Å². The van der Waals surface area contributed by atoms with Crippen LogP contribution in [-0.4, -0.2) is 166 Å². The molecule has 7 aromatic rings. The van der Waals surface area contributed by atoms with Crippen molar-refractivity contribution in [2.45, 2.75) is 51.0 Å². The molecule has 7 heterocycles. The number of aliphatic hydroxyl groups excluding tert-OH is 2. The van der Waals surface area contributed by atoms with Crippen LogP contribution >= 0.6 is 158 Å². The van der Waals surface area contributed by atoms with Crippen LogP contribution in [0.2, 0.25) is 10.0 Å². The summed E-state index contributed by atoms with van der Waals surface area (Å²) in [6.07, 6.45) is -1.82. The number of nitrogens with zero attached hydrogens (tertiary/aromatic N) is 10. The summed E-state index contributed by atoms with van der Waals surface area (Å²) in [5.41, 5.74) is 20.9. The number of nitrogen functional groups attached to an aromatic ring is 4. The topological polar surface area (TPSA) is 676 Å². The third-order valence-electron chi connectivity index (χ3n) is 7.74. The van der Waals surface area contributed by atoms with Gasteiger partial charge in [-0.1, -0.05) is 72.5 Å². The van der Waals surface area contributed by atoms with E-state index in [1.807, 2.05) is 18.2 Å².